The fourth-order valence-electron chi connectivity index (χ4n) is 1.17. The minimum atomic E-state index is 0.0938. The van der Waals surface area contributed by atoms with E-state index in [1.165, 1.54) is 4.09 Å². The van der Waals surface area contributed by atoms with Crippen LogP contribution in [0.1, 0.15) is 5.56 Å². The van der Waals surface area contributed by atoms with E-state index in [0.29, 0.717) is 0 Å². The molecule has 0 radical (unpaired) electrons. The fourth-order valence-corrected chi connectivity index (χ4v) is 1.87. The summed E-state index contributed by atoms with van der Waals surface area (Å²) in [5.74, 6) is 0. The van der Waals surface area contributed by atoms with Crippen LogP contribution in [0.3, 0.4) is 0 Å². The lowest BCUT2D eigenvalue weighted by Gasteiger charge is -1.95. The number of hydrogen-bond donors (Lipinski definition) is 0. The van der Waals surface area contributed by atoms with Crippen LogP contribution in [0.4, 0.5) is 3.89 Å². The first-order valence-corrected chi connectivity index (χ1v) is 5.12. The third-order valence-electron chi connectivity index (χ3n) is 1.86. The van der Waals surface area contributed by atoms with E-state index in [4.69, 9.17) is 0 Å². The topological polar surface area (TPSA) is 17.8 Å². The van der Waals surface area contributed by atoms with Gasteiger partial charge in [-0.1, -0.05) is 12.1 Å². The summed E-state index contributed by atoms with van der Waals surface area (Å²) < 4.78 is 14.3. The summed E-state index contributed by atoms with van der Waals surface area (Å²) in [5, 5.41) is 4.98. The van der Waals surface area contributed by atoms with E-state index in [1.54, 1.807) is 6.20 Å². The van der Waals surface area contributed by atoms with Crippen LogP contribution in [0.2, 0.25) is 0 Å². The molecule has 68 valence electrons. The van der Waals surface area contributed by atoms with Gasteiger partial charge in [0.05, 0.1) is 0 Å². The van der Waals surface area contributed by atoms with Gasteiger partial charge in [0.2, 0.25) is 0 Å². The highest BCUT2D eigenvalue weighted by atomic mass is 79.9. The number of hydrogen-bond acceptors (Lipinski definition) is 2. The molecular formula is C8H6BrFN2S. The molecule has 5 heteroatoms. The Labute approximate surface area is 87.7 Å². The smallest absolute Gasteiger partial charge is 0.183 e. The standard InChI is InChI=1S/C8H6BrFN2S/c1-5-2-3-6-4-12(13-10)11-8(6)7(5)9/h2-4H,1H3. The van der Waals surface area contributed by atoms with Gasteiger partial charge in [0, 0.05) is 16.1 Å². The van der Waals surface area contributed by atoms with Crippen molar-refractivity contribution in [3.63, 3.8) is 0 Å². The zero-order valence-electron chi connectivity index (χ0n) is 6.79. The lowest BCUT2D eigenvalue weighted by molar-refractivity contribution is 0.883. The molecule has 0 unspecified atom stereocenters. The number of fused-ring (bicyclic) bond motifs is 1. The van der Waals surface area contributed by atoms with Crippen LogP contribution in [0, 0.1) is 6.92 Å². The molecule has 0 bridgehead atoms. The van der Waals surface area contributed by atoms with Gasteiger partial charge < -0.3 is 0 Å². The lowest BCUT2D eigenvalue weighted by Crippen LogP contribution is -1.82. The molecule has 0 atom stereocenters. The van der Waals surface area contributed by atoms with Gasteiger partial charge in [0.25, 0.3) is 0 Å². The molecule has 13 heavy (non-hydrogen) atoms. The Morgan fingerprint density at radius 1 is 1.54 bits per heavy atom. The molecule has 0 fully saturated rings. The summed E-state index contributed by atoms with van der Waals surface area (Å²) in [6.45, 7) is 1.98. The predicted molar refractivity (Wildman–Crippen MR) is 56.3 cm³/mol. The van der Waals surface area contributed by atoms with Crippen molar-refractivity contribution in [2.75, 3.05) is 0 Å². The van der Waals surface area contributed by atoms with Crippen LogP contribution in [-0.2, 0) is 0 Å². The van der Waals surface area contributed by atoms with Crippen molar-refractivity contribution in [3.8, 4) is 0 Å². The van der Waals surface area contributed by atoms with Crippen molar-refractivity contribution >= 4 is 39.2 Å². The first kappa shape index (κ1) is 9.02. The second kappa shape index (κ2) is 3.31. The lowest BCUT2D eigenvalue weighted by atomic mass is 10.2. The van der Waals surface area contributed by atoms with Gasteiger partial charge in [0.15, 0.2) is 12.3 Å². The van der Waals surface area contributed by atoms with E-state index in [9.17, 15) is 3.89 Å². The Balaban J connectivity index is 2.76. The summed E-state index contributed by atoms with van der Waals surface area (Å²) in [7, 11) is 0. The Kier molecular flexibility index (Phi) is 2.29. The summed E-state index contributed by atoms with van der Waals surface area (Å²) in [6.07, 6.45) is 1.66. The van der Waals surface area contributed by atoms with E-state index in [2.05, 4.69) is 21.0 Å². The maximum atomic E-state index is 12.2. The second-order valence-corrected chi connectivity index (χ2v) is 4.04. The third-order valence-corrected chi connectivity index (χ3v) is 3.19. The largest absolute Gasteiger partial charge is 0.187 e. The number of aryl methyl sites for hydroxylation is 1. The molecule has 1 aromatic carbocycles. The Bertz CT molecular complexity index is 455. The van der Waals surface area contributed by atoms with Gasteiger partial charge in [-0.25, -0.2) is 0 Å². The number of nitrogens with zero attached hydrogens (tertiary/aromatic N) is 2. The summed E-state index contributed by atoms with van der Waals surface area (Å²) in [4.78, 5) is 0. The minimum Gasteiger partial charge on any atom is -0.183 e. The van der Waals surface area contributed by atoms with Crippen molar-refractivity contribution in [2.24, 2.45) is 0 Å². The van der Waals surface area contributed by atoms with Crippen LogP contribution < -0.4 is 0 Å². The first-order chi connectivity index (χ1) is 6.22. The predicted octanol–water partition coefficient (Wildman–Crippen LogP) is 3.49. The Morgan fingerprint density at radius 2 is 2.31 bits per heavy atom. The molecule has 2 nitrogen and oxygen atoms in total. The highest BCUT2D eigenvalue weighted by molar-refractivity contribution is 9.10. The third kappa shape index (κ3) is 1.46. The van der Waals surface area contributed by atoms with Crippen molar-refractivity contribution in [1.29, 1.82) is 0 Å². The van der Waals surface area contributed by atoms with Crippen molar-refractivity contribution in [1.82, 2.24) is 9.19 Å². The van der Waals surface area contributed by atoms with Crippen LogP contribution in [0.15, 0.2) is 22.8 Å². The molecular weight excluding hydrogens is 255 g/mol. The quantitative estimate of drug-likeness (QED) is 0.782. The molecule has 1 heterocycles. The molecule has 0 spiro atoms. The van der Waals surface area contributed by atoms with Crippen LogP contribution in [-0.4, -0.2) is 9.19 Å². The van der Waals surface area contributed by atoms with E-state index >= 15 is 0 Å². The fraction of sp³-hybridized carbons (Fsp3) is 0.125. The summed E-state index contributed by atoms with van der Waals surface area (Å²) in [5.41, 5.74) is 1.90. The first-order valence-electron chi connectivity index (χ1n) is 3.66. The summed E-state index contributed by atoms with van der Waals surface area (Å²) >= 11 is 3.51. The van der Waals surface area contributed by atoms with Gasteiger partial charge in [-0.15, -0.1) is 3.89 Å². The van der Waals surface area contributed by atoms with Gasteiger partial charge in [-0.05, 0) is 28.4 Å². The second-order valence-electron chi connectivity index (χ2n) is 2.73. The van der Waals surface area contributed by atoms with Gasteiger partial charge >= 0.3 is 0 Å². The molecule has 0 amide bonds. The highest BCUT2D eigenvalue weighted by Crippen LogP contribution is 2.27. The van der Waals surface area contributed by atoms with E-state index in [-0.39, 0.29) is 12.3 Å². The molecule has 0 aliphatic rings. The normalized spacial score (nSPS) is 11.0. The van der Waals surface area contributed by atoms with Crippen LogP contribution >= 0.6 is 28.3 Å². The number of benzene rings is 1. The van der Waals surface area contributed by atoms with Crippen LogP contribution in [0.25, 0.3) is 10.9 Å². The van der Waals surface area contributed by atoms with E-state index in [0.717, 1.165) is 20.9 Å². The van der Waals surface area contributed by atoms with Crippen molar-refractivity contribution < 1.29 is 3.89 Å². The number of rotatable bonds is 1. The SMILES string of the molecule is Cc1ccc2cn(SF)nc2c1Br. The molecule has 0 N–H and O–H groups in total. The van der Waals surface area contributed by atoms with Gasteiger partial charge in [-0.3, -0.25) is 0 Å². The molecule has 0 saturated carbocycles. The molecule has 2 aromatic rings. The summed E-state index contributed by atoms with van der Waals surface area (Å²) in [6, 6.07) is 3.90. The van der Waals surface area contributed by atoms with Gasteiger partial charge in [-0.2, -0.15) is 9.19 Å². The molecule has 2 rings (SSSR count). The average Bonchev–Trinajstić information content (AvgIpc) is 2.55. The van der Waals surface area contributed by atoms with Crippen LogP contribution in [0.5, 0.6) is 0 Å². The Hall–Kier alpha value is -0.550. The molecule has 0 aliphatic heterocycles. The Morgan fingerprint density at radius 3 is 3.00 bits per heavy atom. The molecule has 1 aromatic heterocycles. The minimum absolute atomic E-state index is 0.0938. The highest BCUT2D eigenvalue weighted by Gasteiger charge is 2.06. The average molecular weight is 261 g/mol. The maximum Gasteiger partial charge on any atom is 0.187 e. The number of aromatic nitrogens is 2. The number of halogens is 2. The van der Waals surface area contributed by atoms with E-state index in [1.807, 2.05) is 19.1 Å². The van der Waals surface area contributed by atoms with E-state index < -0.39 is 0 Å². The zero-order valence-corrected chi connectivity index (χ0v) is 9.19. The monoisotopic (exact) mass is 260 g/mol. The molecule has 0 saturated heterocycles. The maximum absolute atomic E-state index is 12.2. The zero-order chi connectivity index (χ0) is 9.42. The van der Waals surface area contributed by atoms with Crippen molar-refractivity contribution in [2.45, 2.75) is 6.92 Å². The van der Waals surface area contributed by atoms with Crippen molar-refractivity contribution in [3.05, 3.63) is 28.4 Å². The van der Waals surface area contributed by atoms with Gasteiger partial charge in [0.1, 0.15) is 5.52 Å². The molecule has 0 aliphatic carbocycles.